The molecule has 4 amide bonds. The van der Waals surface area contributed by atoms with Crippen molar-refractivity contribution in [3.05, 3.63) is 0 Å². The molecule has 2 unspecified atom stereocenters. The standard InChI is InChI=1S/C86H168N4O17P2/c1-7-13-19-25-29-33-35-39-42-48-54-60-82(92)89-78(73-101-67-63-77(57-51-45-23-17-11-5)71-80(91)58-52-47-41-37-31-27-21-15-9-3)75-105-108(97,98)103-69-65-87-84(94)72-85(95)88-66-70-104-109(99,100)106-76-79(90-83(93)61-55-49-43-40-36-34-30-26-20-14-8-2)74-102-68-64-81(59-53-46-24-18-12-6)107-86(96)62-56-50-44-38-32-28-22-16-10-4/h77-79,81H,7-76H2,1-6H3,(H,87,94)(H,88,95)(H,89,92)(H,90,93)(H,97,98)(H,99,100)/t77-,78-,79-,81-/m1/s1. The third-order valence-electron chi connectivity index (χ3n) is 20.4. The van der Waals surface area contributed by atoms with Gasteiger partial charge in [0.15, 0.2) is 0 Å². The van der Waals surface area contributed by atoms with Gasteiger partial charge in [-0.1, -0.05) is 330 Å². The fourth-order valence-electron chi connectivity index (χ4n) is 13.6. The minimum Gasteiger partial charge on any atom is -0.462 e. The van der Waals surface area contributed by atoms with Crippen molar-refractivity contribution in [2.24, 2.45) is 5.92 Å². The fraction of sp³-hybridized carbons (Fsp3) is 0.930. The highest BCUT2D eigenvalue weighted by atomic mass is 31.2. The fourth-order valence-corrected chi connectivity index (χ4v) is 15.1. The molecule has 644 valence electrons. The molecule has 0 aliphatic rings. The van der Waals surface area contributed by atoms with Crippen molar-refractivity contribution in [3.8, 4) is 0 Å². The molecule has 0 saturated carbocycles. The Labute approximate surface area is 665 Å². The number of phosphoric ester groups is 2. The summed E-state index contributed by atoms with van der Waals surface area (Å²) in [7, 11) is -9.44. The molecule has 6 N–H and O–H groups in total. The van der Waals surface area contributed by atoms with Crippen LogP contribution in [0.4, 0.5) is 0 Å². The SMILES string of the molecule is CCCCCCCCCCCCCC(=O)N[C@H](COCC[C@@H](CCCCCCC)CC(=O)CCCCCCCCCCC)COP(=O)(O)OCCNC(=O)CC(=O)NCCOP(=O)(O)OC[C@@H](COCC[C@@H](CCCCCCC)OC(=O)CCCCCCCCCCC)NC(=O)CCCCCCCCCCCCC. The monoisotopic (exact) mass is 1590 g/mol. The first kappa shape index (κ1) is 106. The molecule has 0 rings (SSSR count). The number of rotatable bonds is 87. The number of Topliss-reactive ketones (excluding diaryl/α,β-unsaturated/α-hetero) is 1. The number of amides is 4. The molecule has 0 fully saturated rings. The molecule has 6 atom stereocenters. The molecule has 0 aliphatic carbocycles. The van der Waals surface area contributed by atoms with Crippen LogP contribution in [-0.4, -0.2) is 129 Å². The summed E-state index contributed by atoms with van der Waals surface area (Å²) < 4.78 is 65.6. The van der Waals surface area contributed by atoms with E-state index in [-0.39, 0.29) is 75.6 Å². The summed E-state index contributed by atoms with van der Waals surface area (Å²) in [6.07, 6.45) is 61.3. The number of ketones is 1. The van der Waals surface area contributed by atoms with Crippen LogP contribution >= 0.6 is 15.6 Å². The number of phosphoric acid groups is 2. The third kappa shape index (κ3) is 76.2. The van der Waals surface area contributed by atoms with Crippen LogP contribution in [0.5, 0.6) is 0 Å². The van der Waals surface area contributed by atoms with Crippen molar-refractivity contribution >= 4 is 51.0 Å². The maximum Gasteiger partial charge on any atom is 0.472 e. The molecule has 0 spiro atoms. The molecule has 0 aromatic carbocycles. The Bertz CT molecular complexity index is 2070. The summed E-state index contributed by atoms with van der Waals surface area (Å²) in [5.41, 5.74) is 0. The number of ether oxygens (including phenoxy) is 3. The Hall–Kier alpha value is -2.84. The van der Waals surface area contributed by atoms with Gasteiger partial charge in [0.2, 0.25) is 23.6 Å². The summed E-state index contributed by atoms with van der Waals surface area (Å²) in [5.74, 6) is -1.64. The predicted octanol–water partition coefficient (Wildman–Crippen LogP) is 22.1. The molecule has 0 radical (unpaired) electrons. The molecule has 0 aromatic heterocycles. The molecule has 23 heteroatoms. The summed E-state index contributed by atoms with van der Waals surface area (Å²) in [4.78, 5) is 99.8. The van der Waals surface area contributed by atoms with Crippen LogP contribution in [0.1, 0.15) is 427 Å². The lowest BCUT2D eigenvalue weighted by Gasteiger charge is -2.22. The van der Waals surface area contributed by atoms with E-state index in [1.165, 1.54) is 186 Å². The van der Waals surface area contributed by atoms with Crippen LogP contribution < -0.4 is 21.3 Å². The van der Waals surface area contributed by atoms with Crippen LogP contribution in [0.3, 0.4) is 0 Å². The van der Waals surface area contributed by atoms with Crippen LogP contribution in [0.25, 0.3) is 0 Å². The molecular formula is C86H168N4O17P2. The lowest BCUT2D eigenvalue weighted by Crippen LogP contribution is -2.41. The molecule has 0 heterocycles. The molecular weight excluding hydrogens is 1420 g/mol. The number of hydrogen-bond acceptors (Lipinski definition) is 15. The first-order chi connectivity index (χ1) is 52.9. The summed E-state index contributed by atoms with van der Waals surface area (Å²) in [6, 6.07) is -1.59. The minimum atomic E-state index is -4.73. The highest BCUT2D eigenvalue weighted by molar-refractivity contribution is 7.47. The largest absolute Gasteiger partial charge is 0.472 e. The van der Waals surface area contributed by atoms with Gasteiger partial charge in [0.1, 0.15) is 18.3 Å². The zero-order chi connectivity index (χ0) is 80.0. The van der Waals surface area contributed by atoms with E-state index < -0.39 is 72.4 Å². The maximum atomic E-state index is 13.3. The van der Waals surface area contributed by atoms with Gasteiger partial charge in [-0.3, -0.25) is 46.9 Å². The van der Waals surface area contributed by atoms with Gasteiger partial charge < -0.3 is 45.3 Å². The average molecular weight is 1590 g/mol. The first-order valence-corrected chi connectivity index (χ1v) is 48.1. The number of carbonyl (C=O) groups is 6. The normalized spacial score (nSPS) is 13.8. The van der Waals surface area contributed by atoms with E-state index in [4.69, 9.17) is 32.3 Å². The van der Waals surface area contributed by atoms with E-state index in [2.05, 4.69) is 62.8 Å². The Morgan fingerprint density at radius 1 is 0.312 bits per heavy atom. The zero-order valence-electron chi connectivity index (χ0n) is 70.7. The topological polar surface area (TPSA) is 290 Å². The summed E-state index contributed by atoms with van der Waals surface area (Å²) in [5, 5.41) is 10.8. The Kier molecular flexibility index (Phi) is 77.0. The van der Waals surface area contributed by atoms with E-state index in [0.717, 1.165) is 135 Å². The van der Waals surface area contributed by atoms with Crippen molar-refractivity contribution in [2.45, 2.75) is 445 Å². The van der Waals surface area contributed by atoms with Gasteiger partial charge in [-0.15, -0.1) is 0 Å². The second-order valence-electron chi connectivity index (χ2n) is 31.2. The van der Waals surface area contributed by atoms with Gasteiger partial charge >= 0.3 is 21.6 Å². The quantitative estimate of drug-likeness (QED) is 0.0143. The first-order valence-electron chi connectivity index (χ1n) is 45.1. The Morgan fingerprint density at radius 3 is 0.972 bits per heavy atom. The van der Waals surface area contributed by atoms with Gasteiger partial charge in [-0.05, 0) is 57.3 Å². The highest BCUT2D eigenvalue weighted by Gasteiger charge is 2.27. The molecule has 0 bridgehead atoms. The van der Waals surface area contributed by atoms with Gasteiger partial charge in [-0.2, -0.15) is 0 Å². The summed E-state index contributed by atoms with van der Waals surface area (Å²) >= 11 is 0. The number of unbranched alkanes of at least 4 members (excludes halogenated alkanes) is 44. The highest BCUT2D eigenvalue weighted by Crippen LogP contribution is 2.44. The smallest absolute Gasteiger partial charge is 0.462 e. The van der Waals surface area contributed by atoms with Crippen LogP contribution in [-0.2, 0) is 70.2 Å². The van der Waals surface area contributed by atoms with Crippen LogP contribution in [0.15, 0.2) is 0 Å². The third-order valence-corrected chi connectivity index (χ3v) is 22.4. The number of nitrogens with one attached hydrogen (secondary N) is 4. The van der Waals surface area contributed by atoms with Gasteiger partial charge in [0, 0.05) is 58.2 Å². The second-order valence-corrected chi connectivity index (χ2v) is 34.1. The van der Waals surface area contributed by atoms with Crippen molar-refractivity contribution in [2.75, 3.05) is 65.9 Å². The van der Waals surface area contributed by atoms with Crippen molar-refractivity contribution in [1.29, 1.82) is 0 Å². The zero-order valence-corrected chi connectivity index (χ0v) is 72.5. The van der Waals surface area contributed by atoms with E-state index >= 15 is 0 Å². The van der Waals surface area contributed by atoms with E-state index in [9.17, 15) is 47.7 Å². The van der Waals surface area contributed by atoms with E-state index in [1.807, 2.05) is 0 Å². The predicted molar refractivity (Wildman–Crippen MR) is 444 cm³/mol. The summed E-state index contributed by atoms with van der Waals surface area (Å²) in [6.45, 7) is 11.6. The number of hydrogen-bond donors (Lipinski definition) is 6. The lowest BCUT2D eigenvalue weighted by molar-refractivity contribution is -0.150. The van der Waals surface area contributed by atoms with Crippen LogP contribution in [0, 0.1) is 5.92 Å². The van der Waals surface area contributed by atoms with E-state index in [0.29, 0.717) is 57.3 Å². The molecule has 0 aromatic rings. The van der Waals surface area contributed by atoms with Gasteiger partial charge in [-0.25, -0.2) is 9.13 Å². The number of carbonyl (C=O) groups excluding carboxylic acids is 6. The second kappa shape index (κ2) is 79.0. The van der Waals surface area contributed by atoms with Gasteiger partial charge in [0.25, 0.3) is 0 Å². The Balaban J connectivity index is 5.52. The Morgan fingerprint density at radius 2 is 0.615 bits per heavy atom. The maximum absolute atomic E-state index is 13.3. The minimum absolute atomic E-state index is 0.0107. The molecule has 0 aliphatic heterocycles. The van der Waals surface area contributed by atoms with Gasteiger partial charge in [0.05, 0.1) is 58.3 Å². The molecule has 21 nitrogen and oxygen atoms in total. The number of esters is 1. The lowest BCUT2D eigenvalue weighted by atomic mass is 9.91. The average Bonchev–Trinajstić information content (AvgIpc) is 0.927. The molecule has 0 saturated heterocycles. The van der Waals surface area contributed by atoms with Crippen molar-refractivity contribution in [3.63, 3.8) is 0 Å². The van der Waals surface area contributed by atoms with Crippen LogP contribution in [0.2, 0.25) is 0 Å². The molecule has 109 heavy (non-hydrogen) atoms. The van der Waals surface area contributed by atoms with Crippen molar-refractivity contribution < 1.29 is 80.0 Å². The van der Waals surface area contributed by atoms with E-state index in [1.54, 1.807) is 0 Å². The van der Waals surface area contributed by atoms with Crippen molar-refractivity contribution in [1.82, 2.24) is 21.3 Å².